The van der Waals surface area contributed by atoms with Crippen LogP contribution in [-0.2, 0) is 11.8 Å². The van der Waals surface area contributed by atoms with Crippen molar-refractivity contribution in [1.82, 2.24) is 14.9 Å². The van der Waals surface area contributed by atoms with E-state index >= 15 is 0 Å². The van der Waals surface area contributed by atoms with Gasteiger partial charge in [0.1, 0.15) is 17.6 Å². The fourth-order valence-electron chi connectivity index (χ4n) is 2.99. The Balaban J connectivity index is 1.75. The van der Waals surface area contributed by atoms with E-state index in [-0.39, 0.29) is 12.5 Å². The first kappa shape index (κ1) is 20.3. The van der Waals surface area contributed by atoms with Crippen molar-refractivity contribution in [2.75, 3.05) is 20.8 Å². The summed E-state index contributed by atoms with van der Waals surface area (Å²) in [6.07, 6.45) is 3.54. The van der Waals surface area contributed by atoms with Crippen LogP contribution in [0.25, 0.3) is 0 Å². The van der Waals surface area contributed by atoms with Crippen molar-refractivity contribution in [2.45, 2.75) is 13.0 Å². The highest BCUT2D eigenvalue weighted by atomic mass is 16.5. The van der Waals surface area contributed by atoms with E-state index in [1.807, 2.05) is 61.1 Å². The van der Waals surface area contributed by atoms with Crippen molar-refractivity contribution in [2.24, 2.45) is 7.05 Å². The molecule has 3 rings (SSSR count). The van der Waals surface area contributed by atoms with Gasteiger partial charge in [-0.15, -0.1) is 0 Å². The maximum atomic E-state index is 12.7. The molecule has 0 bridgehead atoms. The van der Waals surface area contributed by atoms with Gasteiger partial charge in [0, 0.05) is 19.4 Å². The third kappa shape index (κ3) is 4.87. The van der Waals surface area contributed by atoms with E-state index in [1.165, 1.54) is 0 Å². The summed E-state index contributed by atoms with van der Waals surface area (Å²) in [6, 6.07) is 12.7. The van der Waals surface area contributed by atoms with E-state index in [9.17, 15) is 4.79 Å². The Labute approximate surface area is 170 Å². The first-order valence-electron chi connectivity index (χ1n) is 9.19. The normalized spacial score (nSPS) is 11.6. The van der Waals surface area contributed by atoms with Gasteiger partial charge in [0.2, 0.25) is 0 Å². The molecule has 29 heavy (non-hydrogen) atoms. The van der Waals surface area contributed by atoms with Crippen LogP contribution in [0.5, 0.6) is 17.2 Å². The van der Waals surface area contributed by atoms with E-state index in [2.05, 4.69) is 10.3 Å². The van der Waals surface area contributed by atoms with Crippen LogP contribution < -0.4 is 19.5 Å². The number of hydrogen-bond donors (Lipinski definition) is 1. The molecule has 0 aliphatic heterocycles. The Morgan fingerprint density at radius 2 is 1.86 bits per heavy atom. The second kappa shape index (κ2) is 9.14. The number of hydrogen-bond acceptors (Lipinski definition) is 5. The van der Waals surface area contributed by atoms with E-state index in [0.29, 0.717) is 11.5 Å². The van der Waals surface area contributed by atoms with E-state index < -0.39 is 6.04 Å². The van der Waals surface area contributed by atoms with Gasteiger partial charge in [0.25, 0.3) is 5.91 Å². The van der Waals surface area contributed by atoms with Gasteiger partial charge < -0.3 is 24.1 Å². The molecule has 7 heteroatoms. The first-order chi connectivity index (χ1) is 14.0. The molecule has 1 atom stereocenters. The molecule has 152 valence electrons. The quantitative estimate of drug-likeness (QED) is 0.635. The van der Waals surface area contributed by atoms with Crippen molar-refractivity contribution in [3.63, 3.8) is 0 Å². The van der Waals surface area contributed by atoms with Crippen LogP contribution in [-0.4, -0.2) is 36.3 Å². The summed E-state index contributed by atoms with van der Waals surface area (Å²) >= 11 is 0. The van der Waals surface area contributed by atoms with Gasteiger partial charge >= 0.3 is 0 Å². The largest absolute Gasteiger partial charge is 0.497 e. The molecule has 1 N–H and O–H groups in total. The maximum absolute atomic E-state index is 12.7. The molecule has 0 spiro atoms. The predicted octanol–water partition coefficient (Wildman–Crippen LogP) is 3.03. The summed E-state index contributed by atoms with van der Waals surface area (Å²) in [4.78, 5) is 17.1. The van der Waals surface area contributed by atoms with Gasteiger partial charge in [0.15, 0.2) is 18.1 Å². The Morgan fingerprint density at radius 1 is 1.10 bits per heavy atom. The van der Waals surface area contributed by atoms with Gasteiger partial charge in [0.05, 0.1) is 14.2 Å². The number of nitrogens with zero attached hydrogens (tertiary/aromatic N) is 2. The number of imidazole rings is 1. The molecule has 2 aromatic carbocycles. The summed E-state index contributed by atoms with van der Waals surface area (Å²) in [5, 5.41) is 3.00. The van der Waals surface area contributed by atoms with Gasteiger partial charge in [-0.3, -0.25) is 4.79 Å². The minimum Gasteiger partial charge on any atom is -0.497 e. The highest BCUT2D eigenvalue weighted by molar-refractivity contribution is 5.78. The number of methoxy groups -OCH3 is 2. The van der Waals surface area contributed by atoms with Crippen LogP contribution in [0.3, 0.4) is 0 Å². The minimum atomic E-state index is -0.420. The summed E-state index contributed by atoms with van der Waals surface area (Å²) in [7, 11) is 5.07. The molecule has 7 nitrogen and oxygen atoms in total. The lowest BCUT2D eigenvalue weighted by molar-refractivity contribution is -0.123. The molecule has 0 aliphatic rings. The minimum absolute atomic E-state index is 0.142. The average Bonchev–Trinajstić information content (AvgIpc) is 3.16. The summed E-state index contributed by atoms with van der Waals surface area (Å²) < 4.78 is 18.1. The molecule has 3 aromatic rings. The Hall–Kier alpha value is -3.48. The maximum Gasteiger partial charge on any atom is 0.258 e. The van der Waals surface area contributed by atoms with Crippen LogP contribution in [0.15, 0.2) is 54.9 Å². The lowest BCUT2D eigenvalue weighted by Crippen LogP contribution is -2.34. The molecule has 0 aliphatic carbocycles. The topological polar surface area (TPSA) is 74.6 Å². The number of nitrogens with one attached hydrogen (secondary N) is 1. The molecule has 0 saturated heterocycles. The third-order valence-corrected chi connectivity index (χ3v) is 4.55. The van der Waals surface area contributed by atoms with Crippen molar-refractivity contribution >= 4 is 5.91 Å². The van der Waals surface area contributed by atoms with Crippen LogP contribution in [0.2, 0.25) is 0 Å². The molecule has 0 radical (unpaired) electrons. The number of benzene rings is 2. The summed E-state index contributed by atoms with van der Waals surface area (Å²) in [6.45, 7) is 1.82. The van der Waals surface area contributed by atoms with Crippen molar-refractivity contribution in [3.05, 3.63) is 71.8 Å². The third-order valence-electron chi connectivity index (χ3n) is 4.55. The highest BCUT2D eigenvalue weighted by Gasteiger charge is 2.21. The van der Waals surface area contributed by atoms with Crippen molar-refractivity contribution in [1.29, 1.82) is 0 Å². The number of rotatable bonds is 8. The monoisotopic (exact) mass is 395 g/mol. The highest BCUT2D eigenvalue weighted by Crippen LogP contribution is 2.28. The molecule has 0 saturated carbocycles. The van der Waals surface area contributed by atoms with Crippen LogP contribution in [0.4, 0.5) is 0 Å². The zero-order valence-corrected chi connectivity index (χ0v) is 17.0. The van der Waals surface area contributed by atoms with Crippen LogP contribution >= 0.6 is 0 Å². The fraction of sp³-hybridized carbons (Fsp3) is 0.273. The van der Waals surface area contributed by atoms with Crippen LogP contribution in [0.1, 0.15) is 23.0 Å². The van der Waals surface area contributed by atoms with E-state index in [1.54, 1.807) is 26.5 Å². The smallest absolute Gasteiger partial charge is 0.258 e. The summed E-state index contributed by atoms with van der Waals surface area (Å²) in [5.74, 6) is 2.31. The zero-order valence-electron chi connectivity index (χ0n) is 17.0. The Morgan fingerprint density at radius 3 is 2.48 bits per heavy atom. The van der Waals surface area contributed by atoms with Crippen LogP contribution in [0, 0.1) is 6.92 Å². The number of amides is 1. The molecule has 1 amide bonds. The standard InChI is InChI=1S/C22H25N3O4/c1-15-5-10-18(19(13-15)28-4)29-14-20(26)24-21(22-23-11-12-25(22)2)16-6-8-17(27-3)9-7-16/h5-13,21H,14H2,1-4H3,(H,24,26). The fourth-order valence-corrected chi connectivity index (χ4v) is 2.99. The molecular formula is C22H25N3O4. The number of aromatic nitrogens is 2. The molecule has 0 fully saturated rings. The zero-order chi connectivity index (χ0) is 20.8. The van der Waals surface area contributed by atoms with Crippen molar-refractivity contribution < 1.29 is 19.0 Å². The number of ether oxygens (including phenoxy) is 3. The number of carbonyl (C=O) groups excluding carboxylic acids is 1. The van der Waals surface area contributed by atoms with Gasteiger partial charge in [-0.25, -0.2) is 4.98 Å². The van der Waals surface area contributed by atoms with E-state index in [4.69, 9.17) is 14.2 Å². The SMILES string of the molecule is COc1ccc(C(NC(=O)COc2ccc(C)cc2OC)c2nccn2C)cc1. The lowest BCUT2D eigenvalue weighted by Gasteiger charge is -2.20. The van der Waals surface area contributed by atoms with Crippen molar-refractivity contribution in [3.8, 4) is 17.2 Å². The summed E-state index contributed by atoms with van der Waals surface area (Å²) in [5.41, 5.74) is 1.94. The van der Waals surface area contributed by atoms with Gasteiger partial charge in [-0.2, -0.15) is 0 Å². The molecule has 1 heterocycles. The number of carbonyl (C=O) groups is 1. The second-order valence-corrected chi connectivity index (χ2v) is 6.61. The van der Waals surface area contributed by atoms with Gasteiger partial charge in [-0.05, 0) is 42.3 Å². The van der Waals surface area contributed by atoms with Gasteiger partial charge in [-0.1, -0.05) is 18.2 Å². The Kier molecular flexibility index (Phi) is 6.39. The molecule has 1 aromatic heterocycles. The second-order valence-electron chi connectivity index (χ2n) is 6.61. The molecular weight excluding hydrogens is 370 g/mol. The Bertz CT molecular complexity index is 966. The first-order valence-corrected chi connectivity index (χ1v) is 9.19. The average molecular weight is 395 g/mol. The van der Waals surface area contributed by atoms with E-state index in [0.717, 1.165) is 22.7 Å². The molecule has 1 unspecified atom stereocenters. The predicted molar refractivity (Wildman–Crippen MR) is 109 cm³/mol. The number of aryl methyl sites for hydroxylation is 2. The lowest BCUT2D eigenvalue weighted by atomic mass is 10.1.